The summed E-state index contributed by atoms with van der Waals surface area (Å²) in [6.45, 7) is 4.03. The van der Waals surface area contributed by atoms with Crippen LogP contribution in [-0.4, -0.2) is 52.2 Å². The Balaban J connectivity index is 1.91. The first-order valence-corrected chi connectivity index (χ1v) is 10.2. The topological polar surface area (TPSA) is 102 Å². The highest BCUT2D eigenvalue weighted by Crippen LogP contribution is 2.26. The van der Waals surface area contributed by atoms with E-state index < -0.39 is 16.1 Å². The van der Waals surface area contributed by atoms with Crippen LogP contribution in [0.2, 0.25) is 0 Å². The lowest BCUT2D eigenvalue weighted by atomic mass is 10.0. The van der Waals surface area contributed by atoms with Gasteiger partial charge in [0.2, 0.25) is 21.8 Å². The monoisotopic (exact) mass is 381 g/mol. The van der Waals surface area contributed by atoms with Gasteiger partial charge in [-0.05, 0) is 26.7 Å². The number of sulfonamides is 1. The summed E-state index contributed by atoms with van der Waals surface area (Å²) in [5.41, 5.74) is 0.708. The lowest BCUT2D eigenvalue weighted by Crippen LogP contribution is -2.54. The van der Waals surface area contributed by atoms with Crippen LogP contribution in [-0.2, 0) is 28.4 Å². The van der Waals surface area contributed by atoms with Crippen molar-refractivity contribution in [1.82, 2.24) is 19.1 Å². The van der Waals surface area contributed by atoms with Gasteiger partial charge in [-0.15, -0.1) is 0 Å². The number of hydrogen-bond acceptors (Lipinski definition) is 6. The number of anilines is 1. The number of hydrogen-bond donors (Lipinski definition) is 0. The molecule has 0 aliphatic carbocycles. The molecule has 0 spiro atoms. The van der Waals surface area contributed by atoms with Crippen molar-refractivity contribution in [2.24, 2.45) is 7.05 Å². The van der Waals surface area contributed by atoms with Gasteiger partial charge >= 0.3 is 0 Å². The fourth-order valence-corrected chi connectivity index (χ4v) is 4.18. The molecule has 1 unspecified atom stereocenters. The summed E-state index contributed by atoms with van der Waals surface area (Å²) >= 11 is 0. The van der Waals surface area contributed by atoms with Gasteiger partial charge < -0.3 is 4.42 Å². The molecule has 0 bridgehead atoms. The summed E-state index contributed by atoms with van der Waals surface area (Å²) in [6, 6.07) is 0.951. The largest absolute Gasteiger partial charge is 0.444 e. The minimum absolute atomic E-state index is 0.0663. The molecule has 3 heterocycles. The molecule has 1 atom stereocenters. The first-order valence-electron chi connectivity index (χ1n) is 8.37. The van der Waals surface area contributed by atoms with Crippen molar-refractivity contribution in [2.75, 3.05) is 17.7 Å². The Morgan fingerprint density at radius 2 is 2.12 bits per heavy atom. The normalized spacial score (nSPS) is 18.7. The molecule has 142 valence electrons. The fraction of sp³-hybridized carbons (Fsp3) is 0.562. The molecule has 0 saturated carbocycles. The summed E-state index contributed by atoms with van der Waals surface area (Å²) in [5.74, 6) is 1.32. The molecule has 0 N–H and O–H groups in total. The maximum atomic E-state index is 13.1. The Labute approximate surface area is 152 Å². The predicted octanol–water partition coefficient (Wildman–Crippen LogP) is 0.982. The number of oxazole rings is 1. The van der Waals surface area contributed by atoms with Crippen molar-refractivity contribution < 1.29 is 17.6 Å². The molecule has 1 saturated heterocycles. The number of piperidine rings is 1. The highest BCUT2D eigenvalue weighted by molar-refractivity contribution is 7.88. The van der Waals surface area contributed by atoms with Crippen LogP contribution in [0.25, 0.3) is 0 Å². The van der Waals surface area contributed by atoms with Gasteiger partial charge in [-0.25, -0.2) is 13.4 Å². The quantitative estimate of drug-likeness (QED) is 0.765. The summed E-state index contributed by atoms with van der Waals surface area (Å²) in [4.78, 5) is 18.9. The van der Waals surface area contributed by atoms with Crippen molar-refractivity contribution in [3.63, 3.8) is 0 Å². The van der Waals surface area contributed by atoms with Gasteiger partial charge in [0.05, 0.1) is 24.7 Å². The van der Waals surface area contributed by atoms with Gasteiger partial charge in [-0.2, -0.15) is 9.40 Å². The molecule has 1 fully saturated rings. The average Bonchev–Trinajstić information content (AvgIpc) is 3.10. The Bertz CT molecular complexity index is 897. The van der Waals surface area contributed by atoms with Crippen LogP contribution in [0.1, 0.15) is 30.2 Å². The number of carbonyl (C=O) groups is 1. The molecule has 26 heavy (non-hydrogen) atoms. The second-order valence-corrected chi connectivity index (χ2v) is 8.45. The van der Waals surface area contributed by atoms with Crippen LogP contribution in [0.5, 0.6) is 0 Å². The third kappa shape index (κ3) is 3.51. The van der Waals surface area contributed by atoms with Crippen molar-refractivity contribution >= 4 is 21.7 Å². The van der Waals surface area contributed by atoms with Crippen molar-refractivity contribution in [3.05, 3.63) is 29.6 Å². The predicted molar refractivity (Wildman–Crippen MR) is 94.9 cm³/mol. The molecule has 2 aromatic heterocycles. The first kappa shape index (κ1) is 18.6. The Morgan fingerprint density at radius 1 is 1.38 bits per heavy atom. The number of rotatable bonds is 5. The number of nitrogens with zero attached hydrogens (tertiary/aromatic N) is 5. The zero-order valence-electron chi connectivity index (χ0n) is 15.3. The zero-order valence-corrected chi connectivity index (χ0v) is 16.2. The third-order valence-electron chi connectivity index (χ3n) is 4.62. The van der Waals surface area contributed by atoms with Gasteiger partial charge in [0.25, 0.3) is 0 Å². The maximum absolute atomic E-state index is 13.1. The molecular formula is C16H23N5O4S. The minimum Gasteiger partial charge on any atom is -0.444 e. The maximum Gasteiger partial charge on any atom is 0.246 e. The standard InChI is InChI=1S/C16H23N5O4S/c1-11-12(2)25-14(18-11)10-21(26(4,23)24)13-6-5-9-20(16(13)22)15-7-8-17-19(15)3/h7-8,13H,5-6,9-10H2,1-4H3. The molecule has 10 heteroatoms. The second-order valence-electron chi connectivity index (χ2n) is 6.52. The van der Waals surface area contributed by atoms with Crippen LogP contribution in [0.15, 0.2) is 16.7 Å². The number of carbonyl (C=O) groups excluding carboxylic acids is 1. The Hall–Kier alpha value is -2.20. The van der Waals surface area contributed by atoms with Gasteiger partial charge in [-0.3, -0.25) is 14.4 Å². The van der Waals surface area contributed by atoms with Crippen molar-refractivity contribution in [3.8, 4) is 0 Å². The minimum atomic E-state index is -3.64. The van der Waals surface area contributed by atoms with Crippen molar-refractivity contribution in [1.29, 1.82) is 0 Å². The molecule has 0 radical (unpaired) electrons. The highest BCUT2D eigenvalue weighted by Gasteiger charge is 2.39. The van der Waals surface area contributed by atoms with E-state index >= 15 is 0 Å². The van der Waals surface area contributed by atoms with Crippen LogP contribution >= 0.6 is 0 Å². The van der Waals surface area contributed by atoms with Crippen LogP contribution in [0.4, 0.5) is 5.82 Å². The molecule has 2 aromatic rings. The number of aryl methyl sites for hydroxylation is 3. The van der Waals surface area contributed by atoms with Crippen LogP contribution < -0.4 is 4.90 Å². The molecule has 1 amide bonds. The van der Waals surface area contributed by atoms with Crippen LogP contribution in [0, 0.1) is 13.8 Å². The Kier molecular flexibility index (Phi) is 4.89. The van der Waals surface area contributed by atoms with Gasteiger partial charge in [-0.1, -0.05) is 0 Å². The number of aromatic nitrogens is 3. The summed E-state index contributed by atoms with van der Waals surface area (Å²) < 4.78 is 33.1. The average molecular weight is 381 g/mol. The van der Waals surface area contributed by atoms with E-state index in [2.05, 4.69) is 10.1 Å². The van der Waals surface area contributed by atoms with Gasteiger partial charge in [0, 0.05) is 19.7 Å². The van der Waals surface area contributed by atoms with Crippen molar-refractivity contribution in [2.45, 2.75) is 39.3 Å². The first-order chi connectivity index (χ1) is 12.2. The fourth-order valence-electron chi connectivity index (χ4n) is 3.18. The molecule has 9 nitrogen and oxygen atoms in total. The molecule has 0 aromatic carbocycles. The zero-order chi connectivity index (χ0) is 19.1. The summed E-state index contributed by atoms with van der Waals surface area (Å²) in [7, 11) is -1.89. The molecular weight excluding hydrogens is 358 g/mol. The Morgan fingerprint density at radius 3 is 2.65 bits per heavy atom. The number of amides is 1. The second kappa shape index (κ2) is 6.84. The van der Waals surface area contributed by atoms with Gasteiger partial charge in [0.1, 0.15) is 17.6 Å². The van der Waals surface area contributed by atoms with E-state index in [1.54, 1.807) is 42.7 Å². The lowest BCUT2D eigenvalue weighted by Gasteiger charge is -2.36. The highest BCUT2D eigenvalue weighted by atomic mass is 32.2. The smallest absolute Gasteiger partial charge is 0.246 e. The molecule has 1 aliphatic rings. The van der Waals surface area contributed by atoms with Gasteiger partial charge in [0.15, 0.2) is 0 Å². The van der Waals surface area contributed by atoms with Crippen LogP contribution in [0.3, 0.4) is 0 Å². The summed E-state index contributed by atoms with van der Waals surface area (Å²) in [6.07, 6.45) is 3.86. The third-order valence-corrected chi connectivity index (χ3v) is 5.86. The van der Waals surface area contributed by atoms with E-state index in [0.29, 0.717) is 36.7 Å². The van der Waals surface area contributed by atoms with E-state index in [4.69, 9.17) is 4.42 Å². The molecule has 1 aliphatic heterocycles. The van der Waals surface area contributed by atoms with E-state index in [1.807, 2.05) is 0 Å². The molecule has 3 rings (SSSR count). The van der Waals surface area contributed by atoms with E-state index in [1.165, 1.54) is 4.31 Å². The van der Waals surface area contributed by atoms with E-state index in [-0.39, 0.29) is 18.3 Å². The lowest BCUT2D eigenvalue weighted by molar-refractivity contribution is -0.123. The summed E-state index contributed by atoms with van der Waals surface area (Å²) in [5, 5.41) is 4.09. The SMILES string of the molecule is Cc1nc(CN(C2CCCN(c3ccnn3C)C2=O)S(C)(=O)=O)oc1C. The van der Waals surface area contributed by atoms with E-state index in [9.17, 15) is 13.2 Å². The van der Waals surface area contributed by atoms with E-state index in [0.717, 1.165) is 6.26 Å².